The maximum atomic E-state index is 12.1. The van der Waals surface area contributed by atoms with Crippen LogP contribution in [0.2, 0.25) is 0 Å². The molecular formula is C15H23NO3. The Kier molecular flexibility index (Phi) is 4.13. The van der Waals surface area contributed by atoms with Gasteiger partial charge < -0.3 is 15.5 Å². The largest absolute Gasteiger partial charge is 0.504 e. The van der Waals surface area contributed by atoms with Crippen molar-refractivity contribution in [2.24, 2.45) is 5.41 Å². The van der Waals surface area contributed by atoms with E-state index < -0.39 is 5.54 Å². The summed E-state index contributed by atoms with van der Waals surface area (Å²) in [6.07, 6.45) is 0.797. The van der Waals surface area contributed by atoms with E-state index >= 15 is 0 Å². The predicted octanol–water partition coefficient (Wildman–Crippen LogP) is 3.04. The van der Waals surface area contributed by atoms with Crippen molar-refractivity contribution >= 4 is 5.91 Å². The fourth-order valence-corrected chi connectivity index (χ4v) is 2.46. The van der Waals surface area contributed by atoms with Gasteiger partial charge in [0.2, 0.25) is 0 Å². The number of hydrogen-bond acceptors (Lipinski definition) is 3. The van der Waals surface area contributed by atoms with Crippen LogP contribution in [0.5, 0.6) is 11.5 Å². The van der Waals surface area contributed by atoms with Gasteiger partial charge in [-0.2, -0.15) is 0 Å². The molecule has 0 heterocycles. The molecule has 1 amide bonds. The van der Waals surface area contributed by atoms with Crippen LogP contribution in [0.15, 0.2) is 18.2 Å². The summed E-state index contributed by atoms with van der Waals surface area (Å²) < 4.78 is 0. The topological polar surface area (TPSA) is 69.6 Å². The van der Waals surface area contributed by atoms with Gasteiger partial charge in [-0.1, -0.05) is 26.8 Å². The first-order valence-electron chi connectivity index (χ1n) is 6.35. The first-order valence-corrected chi connectivity index (χ1v) is 6.35. The van der Waals surface area contributed by atoms with Crippen molar-refractivity contribution in [3.63, 3.8) is 0 Å². The summed E-state index contributed by atoms with van der Waals surface area (Å²) in [6.45, 7) is 10.2. The van der Waals surface area contributed by atoms with Crippen LogP contribution in [0.3, 0.4) is 0 Å². The van der Waals surface area contributed by atoms with Crippen molar-refractivity contribution in [3.8, 4) is 11.5 Å². The van der Waals surface area contributed by atoms with E-state index in [2.05, 4.69) is 26.1 Å². The maximum Gasteiger partial charge on any atom is 0.255 e. The number of hydrogen-bond donors (Lipinski definition) is 3. The molecule has 0 aliphatic rings. The first kappa shape index (κ1) is 15.3. The third-order valence-corrected chi connectivity index (χ3v) is 2.68. The molecule has 0 aromatic heterocycles. The highest BCUT2D eigenvalue weighted by molar-refractivity contribution is 5.98. The molecule has 0 aliphatic carbocycles. The maximum absolute atomic E-state index is 12.1. The van der Waals surface area contributed by atoms with Crippen molar-refractivity contribution < 1.29 is 15.0 Å². The Morgan fingerprint density at radius 3 is 2.26 bits per heavy atom. The number of rotatable bonds is 3. The molecule has 0 radical (unpaired) electrons. The molecule has 1 rings (SSSR count). The lowest BCUT2D eigenvalue weighted by Crippen LogP contribution is -2.45. The van der Waals surface area contributed by atoms with Gasteiger partial charge in [-0.3, -0.25) is 4.79 Å². The summed E-state index contributed by atoms with van der Waals surface area (Å²) >= 11 is 0. The third-order valence-electron chi connectivity index (χ3n) is 2.68. The van der Waals surface area contributed by atoms with E-state index in [0.29, 0.717) is 0 Å². The Hall–Kier alpha value is -1.71. The van der Waals surface area contributed by atoms with Crippen LogP contribution in [-0.2, 0) is 0 Å². The van der Waals surface area contributed by atoms with Gasteiger partial charge in [-0.05, 0) is 37.8 Å². The molecule has 3 N–H and O–H groups in total. The van der Waals surface area contributed by atoms with Crippen LogP contribution in [0.1, 0.15) is 51.4 Å². The van der Waals surface area contributed by atoms with Crippen LogP contribution in [0.25, 0.3) is 0 Å². The molecule has 1 aromatic carbocycles. The van der Waals surface area contributed by atoms with Gasteiger partial charge in [-0.15, -0.1) is 0 Å². The average Bonchev–Trinajstić information content (AvgIpc) is 2.17. The fraction of sp³-hybridized carbons (Fsp3) is 0.533. The van der Waals surface area contributed by atoms with Gasteiger partial charge >= 0.3 is 0 Å². The SMILES string of the molecule is CC(C)(C)CC(C)(C)NC(=O)c1cccc(O)c1O. The molecule has 19 heavy (non-hydrogen) atoms. The van der Waals surface area contributed by atoms with Crippen LogP contribution in [0, 0.1) is 5.41 Å². The molecule has 0 bridgehead atoms. The lowest BCUT2D eigenvalue weighted by atomic mass is 9.81. The molecule has 4 nitrogen and oxygen atoms in total. The highest BCUT2D eigenvalue weighted by Gasteiger charge is 2.28. The highest BCUT2D eigenvalue weighted by atomic mass is 16.3. The zero-order valence-corrected chi connectivity index (χ0v) is 12.2. The first-order chi connectivity index (χ1) is 8.52. The summed E-state index contributed by atoms with van der Waals surface area (Å²) in [5, 5.41) is 22.0. The van der Waals surface area contributed by atoms with Crippen LogP contribution < -0.4 is 5.32 Å². The Morgan fingerprint density at radius 1 is 1.16 bits per heavy atom. The Labute approximate surface area is 114 Å². The number of para-hydroxylation sites is 1. The molecule has 0 saturated carbocycles. The minimum atomic E-state index is -0.396. The number of phenolic OH excluding ortho intramolecular Hbond substituents is 2. The van der Waals surface area contributed by atoms with Crippen molar-refractivity contribution in [2.75, 3.05) is 0 Å². The molecule has 0 unspecified atom stereocenters. The Morgan fingerprint density at radius 2 is 1.74 bits per heavy atom. The van der Waals surface area contributed by atoms with Gasteiger partial charge in [0.15, 0.2) is 11.5 Å². The van der Waals surface area contributed by atoms with Crippen molar-refractivity contribution in [2.45, 2.75) is 46.6 Å². The highest BCUT2D eigenvalue weighted by Crippen LogP contribution is 2.30. The summed E-state index contributed by atoms with van der Waals surface area (Å²) in [5.74, 6) is -1.06. The lowest BCUT2D eigenvalue weighted by molar-refractivity contribution is 0.0888. The number of aromatic hydroxyl groups is 2. The van der Waals surface area contributed by atoms with Gasteiger partial charge in [0.25, 0.3) is 5.91 Å². The minimum absolute atomic E-state index is 0.0810. The number of benzene rings is 1. The zero-order valence-electron chi connectivity index (χ0n) is 12.2. The van der Waals surface area contributed by atoms with E-state index in [1.165, 1.54) is 18.2 Å². The van der Waals surface area contributed by atoms with E-state index in [1.807, 2.05) is 13.8 Å². The second kappa shape index (κ2) is 5.11. The van der Waals surface area contributed by atoms with Crippen molar-refractivity contribution in [3.05, 3.63) is 23.8 Å². The Bertz CT molecular complexity index is 473. The number of carbonyl (C=O) groups excluding carboxylic acids is 1. The van der Waals surface area contributed by atoms with E-state index in [-0.39, 0.29) is 28.4 Å². The van der Waals surface area contributed by atoms with Crippen LogP contribution in [-0.4, -0.2) is 21.7 Å². The van der Waals surface area contributed by atoms with E-state index in [4.69, 9.17) is 0 Å². The van der Waals surface area contributed by atoms with Gasteiger partial charge in [0.05, 0.1) is 5.56 Å². The fourth-order valence-electron chi connectivity index (χ4n) is 2.46. The molecule has 0 atom stereocenters. The molecular weight excluding hydrogens is 242 g/mol. The van der Waals surface area contributed by atoms with E-state index in [9.17, 15) is 15.0 Å². The van der Waals surface area contributed by atoms with Crippen LogP contribution in [0.4, 0.5) is 0 Å². The number of carbonyl (C=O) groups is 1. The third kappa shape index (κ3) is 4.47. The lowest BCUT2D eigenvalue weighted by Gasteiger charge is -2.33. The van der Waals surface area contributed by atoms with E-state index in [1.54, 1.807) is 0 Å². The molecule has 0 spiro atoms. The zero-order chi connectivity index (χ0) is 14.8. The second-order valence-electron chi connectivity index (χ2n) is 6.75. The predicted molar refractivity (Wildman–Crippen MR) is 75.4 cm³/mol. The molecule has 0 fully saturated rings. The minimum Gasteiger partial charge on any atom is -0.504 e. The monoisotopic (exact) mass is 265 g/mol. The molecule has 4 heteroatoms. The molecule has 0 saturated heterocycles. The van der Waals surface area contributed by atoms with Gasteiger partial charge in [-0.25, -0.2) is 0 Å². The normalized spacial score (nSPS) is 12.3. The molecule has 1 aromatic rings. The standard InChI is InChI=1S/C15H23NO3/c1-14(2,3)9-15(4,5)16-13(19)10-7-6-8-11(17)12(10)18/h6-8,17-18H,9H2,1-5H3,(H,16,19). The van der Waals surface area contributed by atoms with Crippen molar-refractivity contribution in [1.29, 1.82) is 0 Å². The molecule has 106 valence electrons. The quantitative estimate of drug-likeness (QED) is 0.736. The summed E-state index contributed by atoms with van der Waals surface area (Å²) in [6, 6.07) is 4.35. The Balaban J connectivity index is 2.88. The average molecular weight is 265 g/mol. The van der Waals surface area contributed by atoms with Crippen molar-refractivity contribution in [1.82, 2.24) is 5.32 Å². The molecule has 0 aliphatic heterocycles. The second-order valence-corrected chi connectivity index (χ2v) is 6.75. The number of amides is 1. The van der Waals surface area contributed by atoms with E-state index in [0.717, 1.165) is 6.42 Å². The summed E-state index contributed by atoms with van der Waals surface area (Å²) in [5.41, 5.74) is -0.229. The number of phenols is 2. The number of nitrogens with one attached hydrogen (secondary N) is 1. The summed E-state index contributed by atoms with van der Waals surface area (Å²) in [4.78, 5) is 12.1. The summed E-state index contributed by atoms with van der Waals surface area (Å²) in [7, 11) is 0. The van der Waals surface area contributed by atoms with Gasteiger partial charge in [0, 0.05) is 5.54 Å². The van der Waals surface area contributed by atoms with Crippen LogP contribution >= 0.6 is 0 Å². The smallest absolute Gasteiger partial charge is 0.255 e. The van der Waals surface area contributed by atoms with Gasteiger partial charge in [0.1, 0.15) is 0 Å².